The normalized spacial score (nSPS) is 18.3. The molecule has 2 atom stereocenters. The van der Waals surface area contributed by atoms with Gasteiger partial charge in [-0.05, 0) is 50.9 Å². The van der Waals surface area contributed by atoms with Crippen molar-refractivity contribution in [3.8, 4) is 11.4 Å². The maximum atomic E-state index is 13.2. The third kappa shape index (κ3) is 3.03. The lowest BCUT2D eigenvalue weighted by atomic mass is 10.0. The number of esters is 1. The quantitative estimate of drug-likeness (QED) is 0.528. The Morgan fingerprint density at radius 3 is 2.93 bits per heavy atom. The second kappa shape index (κ2) is 7.36. The smallest absolute Gasteiger partial charge is 0.323 e. The molecular weight excluding hydrogens is 378 g/mol. The number of fused-ring (bicyclic) bond motifs is 4. The molecule has 0 unspecified atom stereocenters. The number of aromatic nitrogens is 2. The molecule has 2 aliphatic heterocycles. The summed E-state index contributed by atoms with van der Waals surface area (Å²) in [7, 11) is 0. The summed E-state index contributed by atoms with van der Waals surface area (Å²) in [6, 6.07) is 11.8. The molecule has 154 valence electrons. The van der Waals surface area contributed by atoms with Crippen molar-refractivity contribution in [1.82, 2.24) is 14.9 Å². The molecule has 0 spiro atoms. The van der Waals surface area contributed by atoms with E-state index in [4.69, 9.17) is 9.72 Å². The molecule has 4 heterocycles. The van der Waals surface area contributed by atoms with Crippen molar-refractivity contribution in [2.45, 2.75) is 51.8 Å². The molecule has 0 saturated carbocycles. The van der Waals surface area contributed by atoms with Gasteiger partial charge in [-0.3, -0.25) is 9.59 Å². The number of para-hydroxylation sites is 1. The largest absolute Gasteiger partial charge is 0.456 e. The van der Waals surface area contributed by atoms with Gasteiger partial charge in [0, 0.05) is 22.1 Å². The van der Waals surface area contributed by atoms with Crippen molar-refractivity contribution < 1.29 is 9.53 Å². The fourth-order valence-electron chi connectivity index (χ4n) is 4.60. The van der Waals surface area contributed by atoms with Crippen LogP contribution in [0.3, 0.4) is 0 Å². The molecule has 6 heteroatoms. The number of carbonyl (C=O) groups excluding carboxylic acids is 1. The Kier molecular flexibility index (Phi) is 4.66. The lowest BCUT2D eigenvalue weighted by Crippen LogP contribution is -2.33. The zero-order chi connectivity index (χ0) is 20.8. The lowest BCUT2D eigenvalue weighted by Gasteiger charge is -2.21. The van der Waals surface area contributed by atoms with Crippen LogP contribution < -0.4 is 10.9 Å². The van der Waals surface area contributed by atoms with Crippen LogP contribution in [0.15, 0.2) is 41.2 Å². The number of benzene rings is 1. The van der Waals surface area contributed by atoms with Gasteiger partial charge in [0.1, 0.15) is 12.1 Å². The molecule has 1 saturated heterocycles. The van der Waals surface area contributed by atoms with E-state index in [0.29, 0.717) is 18.5 Å². The Balaban J connectivity index is 1.57. The van der Waals surface area contributed by atoms with E-state index in [0.717, 1.165) is 52.8 Å². The van der Waals surface area contributed by atoms with Crippen molar-refractivity contribution in [3.63, 3.8) is 0 Å². The van der Waals surface area contributed by atoms with Gasteiger partial charge in [-0.15, -0.1) is 0 Å². The minimum atomic E-state index is -0.442. The fourth-order valence-corrected chi connectivity index (χ4v) is 4.60. The number of hydrogen-bond acceptors (Lipinski definition) is 5. The van der Waals surface area contributed by atoms with Crippen LogP contribution in [0.2, 0.25) is 0 Å². The van der Waals surface area contributed by atoms with Gasteiger partial charge in [-0.1, -0.05) is 25.1 Å². The molecule has 2 aliphatic rings. The Labute approximate surface area is 174 Å². The Hall–Kier alpha value is -2.99. The molecular formula is C24H25N3O3. The topological polar surface area (TPSA) is 73.2 Å². The van der Waals surface area contributed by atoms with Crippen molar-refractivity contribution >= 4 is 16.9 Å². The van der Waals surface area contributed by atoms with Crippen LogP contribution in [0.1, 0.15) is 49.0 Å². The minimum absolute atomic E-state index is 0.0435. The summed E-state index contributed by atoms with van der Waals surface area (Å²) in [5.74, 6) is -0.233. The molecule has 0 radical (unpaired) electrons. The summed E-state index contributed by atoms with van der Waals surface area (Å²) in [5, 5.41) is 4.25. The lowest BCUT2D eigenvalue weighted by molar-refractivity contribution is -0.151. The minimum Gasteiger partial charge on any atom is -0.456 e. The third-order valence-corrected chi connectivity index (χ3v) is 6.28. The van der Waals surface area contributed by atoms with Crippen LogP contribution in [0.5, 0.6) is 0 Å². The van der Waals surface area contributed by atoms with Gasteiger partial charge < -0.3 is 14.6 Å². The van der Waals surface area contributed by atoms with Crippen LogP contribution in [-0.4, -0.2) is 28.1 Å². The van der Waals surface area contributed by atoms with Crippen LogP contribution >= 0.6 is 0 Å². The molecule has 0 amide bonds. The molecule has 5 rings (SSSR count). The average Bonchev–Trinajstić information content (AvgIpc) is 3.41. The zero-order valence-electron chi connectivity index (χ0n) is 17.3. The maximum Gasteiger partial charge on any atom is 0.323 e. The summed E-state index contributed by atoms with van der Waals surface area (Å²) in [4.78, 5) is 30.6. The van der Waals surface area contributed by atoms with E-state index >= 15 is 0 Å². The van der Waals surface area contributed by atoms with Gasteiger partial charge in [-0.2, -0.15) is 0 Å². The second-order valence-electron chi connectivity index (χ2n) is 8.17. The maximum absolute atomic E-state index is 13.2. The molecule has 30 heavy (non-hydrogen) atoms. The first-order valence-corrected chi connectivity index (χ1v) is 10.6. The van der Waals surface area contributed by atoms with Crippen molar-refractivity contribution in [2.75, 3.05) is 6.54 Å². The van der Waals surface area contributed by atoms with Crippen LogP contribution in [-0.2, 0) is 16.1 Å². The summed E-state index contributed by atoms with van der Waals surface area (Å²) >= 11 is 0. The molecule has 3 aromatic rings. The summed E-state index contributed by atoms with van der Waals surface area (Å²) in [5.41, 5.74) is 4.96. The number of pyridine rings is 2. The van der Waals surface area contributed by atoms with Crippen LogP contribution in [0, 0.1) is 6.92 Å². The highest BCUT2D eigenvalue weighted by Gasteiger charge is 2.30. The van der Waals surface area contributed by atoms with E-state index in [1.807, 2.05) is 44.2 Å². The second-order valence-corrected chi connectivity index (χ2v) is 8.17. The van der Waals surface area contributed by atoms with Gasteiger partial charge in [0.2, 0.25) is 0 Å². The number of rotatable bonds is 4. The van der Waals surface area contributed by atoms with E-state index in [-0.39, 0.29) is 17.6 Å². The predicted molar refractivity (Wildman–Crippen MR) is 115 cm³/mol. The Morgan fingerprint density at radius 2 is 2.17 bits per heavy atom. The van der Waals surface area contributed by atoms with Gasteiger partial charge in [0.25, 0.3) is 5.56 Å². The van der Waals surface area contributed by atoms with Gasteiger partial charge >= 0.3 is 5.97 Å². The Morgan fingerprint density at radius 1 is 1.33 bits per heavy atom. The third-order valence-electron chi connectivity index (χ3n) is 6.28. The number of hydrogen-bond donors (Lipinski definition) is 1. The number of carbonyl (C=O) groups is 1. The molecule has 1 N–H and O–H groups in total. The molecule has 2 aromatic heterocycles. The summed E-state index contributed by atoms with van der Waals surface area (Å²) in [6.07, 6.45) is 1.95. The molecule has 1 fully saturated rings. The average molecular weight is 403 g/mol. The van der Waals surface area contributed by atoms with E-state index in [1.54, 1.807) is 4.57 Å². The number of ether oxygens (including phenoxy) is 1. The molecule has 0 bridgehead atoms. The van der Waals surface area contributed by atoms with E-state index in [2.05, 4.69) is 11.4 Å². The first kappa shape index (κ1) is 19.0. The first-order valence-electron chi connectivity index (χ1n) is 10.6. The van der Waals surface area contributed by atoms with Crippen molar-refractivity contribution in [1.29, 1.82) is 0 Å². The fraction of sp³-hybridized carbons (Fsp3) is 0.375. The Bertz CT molecular complexity index is 1210. The highest BCUT2D eigenvalue weighted by Crippen LogP contribution is 2.35. The predicted octanol–water partition coefficient (Wildman–Crippen LogP) is 3.48. The molecule has 1 aromatic carbocycles. The van der Waals surface area contributed by atoms with E-state index in [9.17, 15) is 9.59 Å². The monoisotopic (exact) mass is 403 g/mol. The molecule has 0 aliphatic carbocycles. The SMILES string of the molecule is CC[C@@H](OC(=O)[C@@H]1CCCN1)c1cc2n(c(=O)c1C)Cc1cc3ccccc3nc1-2. The van der Waals surface area contributed by atoms with Gasteiger partial charge in [-0.25, -0.2) is 4.98 Å². The van der Waals surface area contributed by atoms with Crippen LogP contribution in [0.4, 0.5) is 0 Å². The van der Waals surface area contributed by atoms with E-state index < -0.39 is 6.10 Å². The van der Waals surface area contributed by atoms with Gasteiger partial charge in [0.05, 0.1) is 23.4 Å². The standard InChI is InChI=1S/C24H25N3O3/c1-3-21(30-24(29)19-9-6-10-25-19)17-12-20-22-16(13-27(20)23(28)14(17)2)11-15-7-4-5-8-18(15)26-22/h4-5,7-8,11-12,19,21,25H,3,6,9-10,13H2,1-2H3/t19-,21+/m0/s1. The first-order chi connectivity index (χ1) is 14.6. The summed E-state index contributed by atoms with van der Waals surface area (Å²) < 4.78 is 7.63. The van der Waals surface area contributed by atoms with Crippen molar-refractivity contribution in [2.24, 2.45) is 0 Å². The van der Waals surface area contributed by atoms with E-state index in [1.165, 1.54) is 0 Å². The summed E-state index contributed by atoms with van der Waals surface area (Å²) in [6.45, 7) is 5.16. The molecule has 6 nitrogen and oxygen atoms in total. The highest BCUT2D eigenvalue weighted by atomic mass is 16.5. The highest BCUT2D eigenvalue weighted by molar-refractivity contribution is 5.84. The van der Waals surface area contributed by atoms with Gasteiger partial charge in [0.15, 0.2) is 0 Å². The number of nitrogens with zero attached hydrogens (tertiary/aromatic N) is 2. The van der Waals surface area contributed by atoms with Crippen molar-refractivity contribution in [3.05, 3.63) is 63.4 Å². The van der Waals surface area contributed by atoms with Crippen LogP contribution in [0.25, 0.3) is 22.3 Å². The zero-order valence-corrected chi connectivity index (χ0v) is 17.3. The number of nitrogens with one attached hydrogen (secondary N) is 1.